The summed E-state index contributed by atoms with van der Waals surface area (Å²) in [5.74, 6) is -0.701. The van der Waals surface area contributed by atoms with Crippen LogP contribution in [-0.2, 0) is 4.79 Å². The average molecular weight is 305 g/mol. The molecular formula is C19H19N3O. The van der Waals surface area contributed by atoms with Gasteiger partial charge in [0.05, 0.1) is 0 Å². The van der Waals surface area contributed by atoms with Crippen LogP contribution in [0, 0.1) is 11.3 Å². The highest BCUT2D eigenvalue weighted by Gasteiger charge is 2.11. The predicted molar refractivity (Wildman–Crippen MR) is 92.8 cm³/mol. The van der Waals surface area contributed by atoms with Crippen molar-refractivity contribution in [3.05, 3.63) is 47.5 Å². The van der Waals surface area contributed by atoms with Crippen LogP contribution in [0.25, 0.3) is 16.8 Å². The SMILES string of the molecule is N#C/C(=C\c1ccc2cc(N3CCCCC3)ccc2c1)C(N)=O. The molecule has 3 rings (SSSR count). The monoisotopic (exact) mass is 305 g/mol. The molecule has 23 heavy (non-hydrogen) atoms. The maximum Gasteiger partial charge on any atom is 0.259 e. The van der Waals surface area contributed by atoms with Gasteiger partial charge in [0.1, 0.15) is 11.6 Å². The summed E-state index contributed by atoms with van der Waals surface area (Å²) in [6.07, 6.45) is 5.36. The van der Waals surface area contributed by atoms with E-state index in [4.69, 9.17) is 11.0 Å². The third-order valence-electron chi connectivity index (χ3n) is 4.27. The number of rotatable bonds is 3. The fourth-order valence-electron chi connectivity index (χ4n) is 3.02. The number of hydrogen-bond donors (Lipinski definition) is 1. The van der Waals surface area contributed by atoms with Crippen molar-refractivity contribution in [1.29, 1.82) is 5.26 Å². The number of piperidine rings is 1. The molecule has 0 spiro atoms. The molecule has 1 aliphatic heterocycles. The molecule has 4 heteroatoms. The number of carbonyl (C=O) groups is 1. The van der Waals surface area contributed by atoms with Gasteiger partial charge in [0.15, 0.2) is 0 Å². The molecule has 0 unspecified atom stereocenters. The summed E-state index contributed by atoms with van der Waals surface area (Å²) < 4.78 is 0. The third kappa shape index (κ3) is 3.35. The molecule has 0 saturated carbocycles. The lowest BCUT2D eigenvalue weighted by Crippen LogP contribution is -2.29. The number of benzene rings is 2. The molecule has 4 nitrogen and oxygen atoms in total. The second kappa shape index (κ2) is 6.53. The van der Waals surface area contributed by atoms with E-state index in [-0.39, 0.29) is 5.57 Å². The fourth-order valence-corrected chi connectivity index (χ4v) is 3.02. The Hall–Kier alpha value is -2.80. The molecule has 0 bridgehead atoms. The number of anilines is 1. The molecule has 0 aliphatic carbocycles. The summed E-state index contributed by atoms with van der Waals surface area (Å²) in [7, 11) is 0. The minimum absolute atomic E-state index is 0.0331. The van der Waals surface area contributed by atoms with E-state index in [1.165, 1.54) is 31.0 Å². The lowest BCUT2D eigenvalue weighted by atomic mass is 10.0. The Morgan fingerprint density at radius 1 is 1.09 bits per heavy atom. The van der Waals surface area contributed by atoms with Crippen LogP contribution in [0.3, 0.4) is 0 Å². The Kier molecular flexibility index (Phi) is 4.29. The Bertz CT molecular complexity index is 811. The second-order valence-corrected chi connectivity index (χ2v) is 5.87. The van der Waals surface area contributed by atoms with Crippen LogP contribution in [-0.4, -0.2) is 19.0 Å². The number of nitrogens with zero attached hydrogens (tertiary/aromatic N) is 2. The molecule has 2 aromatic rings. The second-order valence-electron chi connectivity index (χ2n) is 5.87. The first-order chi connectivity index (χ1) is 11.2. The maximum absolute atomic E-state index is 11.1. The van der Waals surface area contributed by atoms with E-state index >= 15 is 0 Å². The van der Waals surface area contributed by atoms with E-state index in [1.807, 2.05) is 24.3 Å². The third-order valence-corrected chi connectivity index (χ3v) is 4.27. The van der Waals surface area contributed by atoms with Crippen molar-refractivity contribution in [3.8, 4) is 6.07 Å². The van der Waals surface area contributed by atoms with Crippen molar-refractivity contribution in [2.45, 2.75) is 19.3 Å². The summed E-state index contributed by atoms with van der Waals surface area (Å²) in [6, 6.07) is 14.2. The van der Waals surface area contributed by atoms with Crippen molar-refractivity contribution >= 4 is 28.4 Å². The maximum atomic E-state index is 11.1. The number of amides is 1. The highest BCUT2D eigenvalue weighted by molar-refractivity contribution is 6.01. The van der Waals surface area contributed by atoms with Gasteiger partial charge in [0.2, 0.25) is 0 Å². The van der Waals surface area contributed by atoms with Crippen LogP contribution in [0.2, 0.25) is 0 Å². The Morgan fingerprint density at radius 2 is 1.78 bits per heavy atom. The van der Waals surface area contributed by atoms with Gasteiger partial charge in [-0.25, -0.2) is 0 Å². The van der Waals surface area contributed by atoms with Gasteiger partial charge in [-0.1, -0.05) is 18.2 Å². The zero-order chi connectivity index (χ0) is 16.2. The standard InChI is InChI=1S/C19H19N3O/c20-13-17(19(21)23)11-14-4-5-16-12-18(7-6-15(16)10-14)22-8-2-1-3-9-22/h4-7,10-12H,1-3,8-9H2,(H2,21,23)/b17-11+. The van der Waals surface area contributed by atoms with Gasteiger partial charge in [0, 0.05) is 18.8 Å². The first-order valence-electron chi connectivity index (χ1n) is 7.88. The quantitative estimate of drug-likeness (QED) is 0.699. The zero-order valence-electron chi connectivity index (χ0n) is 13.0. The molecule has 1 heterocycles. The fraction of sp³-hybridized carbons (Fsp3) is 0.263. The summed E-state index contributed by atoms with van der Waals surface area (Å²) in [4.78, 5) is 13.6. The molecule has 1 amide bonds. The molecule has 2 aromatic carbocycles. The Labute approximate surface area is 135 Å². The van der Waals surface area contributed by atoms with Crippen LogP contribution in [0.15, 0.2) is 42.0 Å². The van der Waals surface area contributed by atoms with Gasteiger partial charge in [-0.2, -0.15) is 5.26 Å². The predicted octanol–water partition coefficient (Wildman–Crippen LogP) is 3.22. The summed E-state index contributed by atoms with van der Waals surface area (Å²) in [5, 5.41) is 11.2. The van der Waals surface area contributed by atoms with Crippen molar-refractivity contribution in [2.75, 3.05) is 18.0 Å². The lowest BCUT2D eigenvalue weighted by molar-refractivity contribution is -0.114. The smallest absolute Gasteiger partial charge is 0.259 e. The largest absolute Gasteiger partial charge is 0.372 e. The van der Waals surface area contributed by atoms with E-state index in [0.717, 1.165) is 29.4 Å². The minimum atomic E-state index is -0.701. The van der Waals surface area contributed by atoms with E-state index in [9.17, 15) is 4.79 Å². The number of carbonyl (C=O) groups excluding carboxylic acids is 1. The molecular weight excluding hydrogens is 286 g/mol. The van der Waals surface area contributed by atoms with Crippen molar-refractivity contribution in [1.82, 2.24) is 0 Å². The van der Waals surface area contributed by atoms with Gasteiger partial charge in [-0.15, -0.1) is 0 Å². The number of nitrogens with two attached hydrogens (primary N) is 1. The van der Waals surface area contributed by atoms with E-state index < -0.39 is 5.91 Å². The number of nitriles is 1. The number of fused-ring (bicyclic) bond motifs is 1. The van der Waals surface area contributed by atoms with Crippen LogP contribution in [0.1, 0.15) is 24.8 Å². The van der Waals surface area contributed by atoms with Gasteiger partial charge in [0.25, 0.3) is 5.91 Å². The zero-order valence-corrected chi connectivity index (χ0v) is 13.0. The number of primary amides is 1. The summed E-state index contributed by atoms with van der Waals surface area (Å²) in [5.41, 5.74) is 7.21. The highest BCUT2D eigenvalue weighted by atomic mass is 16.1. The minimum Gasteiger partial charge on any atom is -0.372 e. The van der Waals surface area contributed by atoms with Crippen LogP contribution < -0.4 is 10.6 Å². The average Bonchev–Trinajstić information content (AvgIpc) is 2.59. The summed E-state index contributed by atoms with van der Waals surface area (Å²) in [6.45, 7) is 2.24. The first-order valence-corrected chi connectivity index (χ1v) is 7.88. The first kappa shape index (κ1) is 15.1. The Morgan fingerprint density at radius 3 is 2.48 bits per heavy atom. The van der Waals surface area contributed by atoms with E-state index in [0.29, 0.717) is 0 Å². The molecule has 1 fully saturated rings. The van der Waals surface area contributed by atoms with Gasteiger partial charge in [-0.3, -0.25) is 4.79 Å². The van der Waals surface area contributed by atoms with Crippen LogP contribution in [0.4, 0.5) is 5.69 Å². The molecule has 0 aromatic heterocycles. The Balaban J connectivity index is 1.93. The highest BCUT2D eigenvalue weighted by Crippen LogP contribution is 2.26. The van der Waals surface area contributed by atoms with E-state index in [2.05, 4.69) is 23.1 Å². The van der Waals surface area contributed by atoms with Gasteiger partial charge in [-0.05, 0) is 59.9 Å². The van der Waals surface area contributed by atoms with Gasteiger partial charge < -0.3 is 10.6 Å². The molecule has 1 aliphatic rings. The molecule has 2 N–H and O–H groups in total. The lowest BCUT2D eigenvalue weighted by Gasteiger charge is -2.29. The van der Waals surface area contributed by atoms with Crippen LogP contribution in [0.5, 0.6) is 0 Å². The molecule has 0 atom stereocenters. The van der Waals surface area contributed by atoms with Crippen molar-refractivity contribution < 1.29 is 4.79 Å². The number of hydrogen-bond acceptors (Lipinski definition) is 3. The molecule has 0 radical (unpaired) electrons. The van der Waals surface area contributed by atoms with Gasteiger partial charge >= 0.3 is 0 Å². The molecule has 116 valence electrons. The van der Waals surface area contributed by atoms with E-state index in [1.54, 1.807) is 0 Å². The normalized spacial score (nSPS) is 15.4. The van der Waals surface area contributed by atoms with Crippen LogP contribution >= 0.6 is 0 Å². The molecule has 1 saturated heterocycles. The summed E-state index contributed by atoms with van der Waals surface area (Å²) >= 11 is 0. The topological polar surface area (TPSA) is 70.1 Å². The van der Waals surface area contributed by atoms with Crippen molar-refractivity contribution in [3.63, 3.8) is 0 Å². The van der Waals surface area contributed by atoms with Crippen molar-refractivity contribution in [2.24, 2.45) is 5.73 Å².